The van der Waals surface area contributed by atoms with Crippen LogP contribution >= 0.6 is 23.4 Å². The van der Waals surface area contributed by atoms with Gasteiger partial charge in [0.25, 0.3) is 11.1 Å². The Labute approximate surface area is 167 Å². The first-order chi connectivity index (χ1) is 12.8. The minimum absolute atomic E-state index is 0.0555. The number of benzene rings is 1. The number of hydrogen-bond acceptors (Lipinski definition) is 5. The van der Waals surface area contributed by atoms with Crippen molar-refractivity contribution in [2.24, 2.45) is 5.92 Å². The van der Waals surface area contributed by atoms with Crippen molar-refractivity contribution in [3.05, 3.63) is 33.7 Å². The number of imide groups is 1. The van der Waals surface area contributed by atoms with Crippen molar-refractivity contribution in [3.8, 4) is 18.1 Å². The number of rotatable bonds is 7. The third-order valence-electron chi connectivity index (χ3n) is 3.45. The summed E-state index contributed by atoms with van der Waals surface area (Å²) in [7, 11) is 0. The topological polar surface area (TPSA) is 75.7 Å². The summed E-state index contributed by atoms with van der Waals surface area (Å²) in [6.07, 6.45) is 6.71. The van der Waals surface area contributed by atoms with Crippen LogP contribution in [0.15, 0.2) is 23.1 Å². The van der Waals surface area contributed by atoms with Gasteiger partial charge in [0.2, 0.25) is 5.91 Å². The molecule has 1 aliphatic rings. The number of terminal acetylenes is 1. The fourth-order valence-electron chi connectivity index (χ4n) is 2.18. The minimum Gasteiger partial charge on any atom is -0.480 e. The Bertz CT molecular complexity index is 829. The number of hydrogen-bond donors (Lipinski definition) is 1. The SMILES string of the molecule is C#CCOc1ccc(Cl)cc1/C=C1\SC(=O)N(CC(=O)NCC(C)C)C1=O. The lowest BCUT2D eigenvalue weighted by Gasteiger charge is -2.13. The second kappa shape index (κ2) is 9.49. The van der Waals surface area contributed by atoms with Gasteiger partial charge < -0.3 is 10.1 Å². The van der Waals surface area contributed by atoms with Crippen LogP contribution in [0.1, 0.15) is 19.4 Å². The fourth-order valence-corrected chi connectivity index (χ4v) is 3.19. The molecular formula is C19H19ClN2O4S. The summed E-state index contributed by atoms with van der Waals surface area (Å²) < 4.78 is 5.44. The highest BCUT2D eigenvalue weighted by Gasteiger charge is 2.36. The first kappa shape index (κ1) is 20.9. The number of nitrogens with zero attached hydrogens (tertiary/aromatic N) is 1. The summed E-state index contributed by atoms with van der Waals surface area (Å²) in [5.41, 5.74) is 0.521. The first-order valence-electron chi connectivity index (χ1n) is 8.19. The van der Waals surface area contributed by atoms with Gasteiger partial charge in [0.05, 0.1) is 4.91 Å². The monoisotopic (exact) mass is 406 g/mol. The number of carbonyl (C=O) groups excluding carboxylic acids is 3. The van der Waals surface area contributed by atoms with Crippen molar-refractivity contribution in [3.63, 3.8) is 0 Å². The Morgan fingerprint density at radius 3 is 2.85 bits per heavy atom. The van der Waals surface area contributed by atoms with Crippen LogP contribution in [0.2, 0.25) is 5.02 Å². The molecule has 0 spiro atoms. The predicted octanol–water partition coefficient (Wildman–Crippen LogP) is 3.16. The Hall–Kier alpha value is -2.43. The summed E-state index contributed by atoms with van der Waals surface area (Å²) >= 11 is 6.77. The standard InChI is InChI=1S/C19H19ClN2O4S/c1-4-7-26-15-6-5-14(20)8-13(15)9-16-18(24)22(19(25)27-16)11-17(23)21-10-12(2)3/h1,5-6,8-9,12H,7,10-11H2,2-3H3,(H,21,23)/b16-9-. The number of nitrogens with one attached hydrogen (secondary N) is 1. The zero-order chi connectivity index (χ0) is 20.0. The molecule has 1 aromatic rings. The summed E-state index contributed by atoms with van der Waals surface area (Å²) in [6, 6.07) is 4.88. The molecule has 1 aromatic carbocycles. The molecule has 0 saturated carbocycles. The van der Waals surface area contributed by atoms with Crippen molar-refractivity contribution < 1.29 is 19.1 Å². The van der Waals surface area contributed by atoms with Crippen LogP contribution in [-0.2, 0) is 9.59 Å². The van der Waals surface area contributed by atoms with Gasteiger partial charge in [0.1, 0.15) is 18.9 Å². The van der Waals surface area contributed by atoms with E-state index in [9.17, 15) is 14.4 Å². The third-order valence-corrected chi connectivity index (χ3v) is 4.59. The maximum Gasteiger partial charge on any atom is 0.294 e. The third kappa shape index (κ3) is 5.78. The molecule has 0 atom stereocenters. The first-order valence-corrected chi connectivity index (χ1v) is 9.39. The molecule has 0 aliphatic carbocycles. The van der Waals surface area contributed by atoms with Gasteiger partial charge in [0, 0.05) is 17.1 Å². The van der Waals surface area contributed by atoms with Gasteiger partial charge in [-0.3, -0.25) is 19.3 Å². The van der Waals surface area contributed by atoms with E-state index in [1.807, 2.05) is 13.8 Å². The average Bonchev–Trinajstić information content (AvgIpc) is 2.87. The Balaban J connectivity index is 2.17. The van der Waals surface area contributed by atoms with E-state index in [0.29, 0.717) is 22.9 Å². The van der Waals surface area contributed by atoms with Crippen molar-refractivity contribution in [2.75, 3.05) is 19.7 Å². The molecular weight excluding hydrogens is 388 g/mol. The lowest BCUT2D eigenvalue weighted by Crippen LogP contribution is -2.40. The van der Waals surface area contributed by atoms with E-state index in [4.69, 9.17) is 22.8 Å². The van der Waals surface area contributed by atoms with Gasteiger partial charge in [0.15, 0.2) is 0 Å². The number of thioether (sulfide) groups is 1. The normalized spacial score (nSPS) is 15.4. The van der Waals surface area contributed by atoms with E-state index in [1.54, 1.807) is 18.2 Å². The van der Waals surface area contributed by atoms with Gasteiger partial charge in [-0.2, -0.15) is 0 Å². The Morgan fingerprint density at radius 2 is 2.19 bits per heavy atom. The highest BCUT2D eigenvalue weighted by Crippen LogP contribution is 2.34. The zero-order valence-electron chi connectivity index (χ0n) is 15.0. The van der Waals surface area contributed by atoms with E-state index in [0.717, 1.165) is 16.7 Å². The van der Waals surface area contributed by atoms with Gasteiger partial charge in [-0.15, -0.1) is 6.42 Å². The van der Waals surface area contributed by atoms with E-state index in [-0.39, 0.29) is 29.9 Å². The smallest absolute Gasteiger partial charge is 0.294 e. The van der Waals surface area contributed by atoms with Crippen molar-refractivity contribution in [2.45, 2.75) is 13.8 Å². The molecule has 142 valence electrons. The number of halogens is 1. The molecule has 1 aliphatic heterocycles. The highest BCUT2D eigenvalue weighted by molar-refractivity contribution is 8.18. The van der Waals surface area contributed by atoms with Crippen molar-refractivity contribution >= 4 is 46.5 Å². The molecule has 8 heteroatoms. The van der Waals surface area contributed by atoms with Gasteiger partial charge in [-0.1, -0.05) is 31.4 Å². The van der Waals surface area contributed by atoms with Crippen LogP contribution in [0.5, 0.6) is 5.75 Å². The van der Waals surface area contributed by atoms with Crippen LogP contribution in [0.3, 0.4) is 0 Å². The van der Waals surface area contributed by atoms with Gasteiger partial charge >= 0.3 is 0 Å². The zero-order valence-corrected chi connectivity index (χ0v) is 16.5. The van der Waals surface area contributed by atoms with Gasteiger partial charge in [-0.25, -0.2) is 0 Å². The fraction of sp³-hybridized carbons (Fsp3) is 0.316. The molecule has 2 rings (SSSR count). The van der Waals surface area contributed by atoms with Crippen LogP contribution < -0.4 is 10.1 Å². The van der Waals surface area contributed by atoms with E-state index >= 15 is 0 Å². The van der Waals surface area contributed by atoms with E-state index in [2.05, 4.69) is 11.2 Å². The van der Waals surface area contributed by atoms with Gasteiger partial charge in [-0.05, 0) is 42.0 Å². The Kier molecular flexibility index (Phi) is 7.34. The van der Waals surface area contributed by atoms with E-state index < -0.39 is 11.1 Å². The van der Waals surface area contributed by atoms with Crippen LogP contribution in [0.25, 0.3) is 6.08 Å². The quantitative estimate of drug-likeness (QED) is 0.556. The molecule has 0 bridgehead atoms. The maximum absolute atomic E-state index is 12.5. The number of ether oxygens (including phenoxy) is 1. The lowest BCUT2D eigenvalue weighted by molar-refractivity contribution is -0.129. The second-order valence-electron chi connectivity index (χ2n) is 6.14. The van der Waals surface area contributed by atoms with Crippen LogP contribution in [-0.4, -0.2) is 41.6 Å². The molecule has 1 heterocycles. The summed E-state index contributed by atoms with van der Waals surface area (Å²) in [5.74, 6) is 2.16. The molecule has 6 nitrogen and oxygen atoms in total. The molecule has 0 aromatic heterocycles. The highest BCUT2D eigenvalue weighted by atomic mass is 35.5. The van der Waals surface area contributed by atoms with E-state index in [1.165, 1.54) is 6.08 Å². The van der Waals surface area contributed by atoms with Crippen LogP contribution in [0.4, 0.5) is 4.79 Å². The lowest BCUT2D eigenvalue weighted by atomic mass is 10.2. The number of carbonyl (C=O) groups is 3. The number of amides is 3. The molecule has 1 fully saturated rings. The van der Waals surface area contributed by atoms with Crippen LogP contribution in [0, 0.1) is 18.3 Å². The summed E-state index contributed by atoms with van der Waals surface area (Å²) in [5, 5.41) is 2.63. The largest absolute Gasteiger partial charge is 0.480 e. The molecule has 3 amide bonds. The molecule has 27 heavy (non-hydrogen) atoms. The molecule has 0 radical (unpaired) electrons. The molecule has 1 saturated heterocycles. The molecule has 0 unspecified atom stereocenters. The van der Waals surface area contributed by atoms with Crippen molar-refractivity contribution in [1.29, 1.82) is 0 Å². The minimum atomic E-state index is -0.535. The molecule has 1 N–H and O–H groups in total. The summed E-state index contributed by atoms with van der Waals surface area (Å²) in [6.45, 7) is 4.12. The maximum atomic E-state index is 12.5. The van der Waals surface area contributed by atoms with Crippen molar-refractivity contribution in [1.82, 2.24) is 10.2 Å². The average molecular weight is 407 g/mol. The Morgan fingerprint density at radius 1 is 1.44 bits per heavy atom. The summed E-state index contributed by atoms with van der Waals surface area (Å²) in [4.78, 5) is 37.7. The second-order valence-corrected chi connectivity index (χ2v) is 7.57. The predicted molar refractivity (Wildman–Crippen MR) is 106 cm³/mol.